The molecule has 0 rings (SSSR count). The van der Waals surface area contributed by atoms with E-state index in [4.69, 9.17) is 12.3 Å². The van der Waals surface area contributed by atoms with Crippen molar-refractivity contribution >= 4 is 36.6 Å². The molecular formula is C12H25F9O3Si4. The van der Waals surface area contributed by atoms with Crippen molar-refractivity contribution in [1.82, 2.24) is 0 Å². The van der Waals surface area contributed by atoms with E-state index in [1.165, 1.54) is 19.6 Å². The van der Waals surface area contributed by atoms with Crippen LogP contribution in [-0.2, 0) is 12.3 Å². The zero-order valence-electron chi connectivity index (χ0n) is 15.9. The zero-order chi connectivity index (χ0) is 22.4. The maximum atomic E-state index is 12.7. The molecule has 0 aromatic rings. The van der Waals surface area contributed by atoms with Gasteiger partial charge in [0.05, 0.1) is 0 Å². The monoisotopic (exact) mass is 500 g/mol. The molecule has 0 aliphatic carbocycles. The maximum Gasteiger partial charge on any atom is 0.389 e. The average molecular weight is 501 g/mol. The van der Waals surface area contributed by atoms with Crippen LogP contribution in [0.15, 0.2) is 0 Å². The fourth-order valence-electron chi connectivity index (χ4n) is 2.37. The van der Waals surface area contributed by atoms with Gasteiger partial charge in [-0.15, -0.1) is 0 Å². The highest BCUT2D eigenvalue weighted by Gasteiger charge is 2.47. The topological polar surface area (TPSA) is 27.7 Å². The third kappa shape index (κ3) is 14.2. The van der Waals surface area contributed by atoms with Crippen molar-refractivity contribution in [3.63, 3.8) is 0 Å². The van der Waals surface area contributed by atoms with Gasteiger partial charge >= 0.3 is 35.7 Å². The van der Waals surface area contributed by atoms with Gasteiger partial charge < -0.3 is 12.3 Å². The summed E-state index contributed by atoms with van der Waals surface area (Å²) in [7, 11) is -9.74. The van der Waals surface area contributed by atoms with Crippen LogP contribution in [0.3, 0.4) is 0 Å². The van der Waals surface area contributed by atoms with E-state index >= 15 is 0 Å². The summed E-state index contributed by atoms with van der Waals surface area (Å²) in [6.07, 6.45) is -17.1. The SMILES string of the molecule is C[SiH](CCC(F)(F)F)O[Si](C)(CCC(F)(F)F)O[Si](C)(CCC(F)(F)F)O[SiH3]. The highest BCUT2D eigenvalue weighted by molar-refractivity contribution is 6.84. The molecule has 16 heteroatoms. The van der Waals surface area contributed by atoms with Gasteiger partial charge in [0.25, 0.3) is 0 Å². The van der Waals surface area contributed by atoms with E-state index in [2.05, 4.69) is 0 Å². The average Bonchev–Trinajstić information content (AvgIpc) is 2.47. The molecule has 0 aromatic heterocycles. The molecule has 3 nitrogen and oxygen atoms in total. The largest absolute Gasteiger partial charge is 0.445 e. The lowest BCUT2D eigenvalue weighted by Gasteiger charge is -2.38. The minimum Gasteiger partial charge on any atom is -0.445 e. The van der Waals surface area contributed by atoms with Crippen LogP contribution in [-0.4, -0.2) is 55.2 Å². The third-order valence-corrected chi connectivity index (χ3v) is 17.8. The number of hydrogen-bond acceptors (Lipinski definition) is 3. The summed E-state index contributed by atoms with van der Waals surface area (Å²) < 4.78 is 129. The van der Waals surface area contributed by atoms with E-state index in [1.807, 2.05) is 0 Å². The molecule has 0 fully saturated rings. The van der Waals surface area contributed by atoms with Crippen molar-refractivity contribution < 1.29 is 51.9 Å². The van der Waals surface area contributed by atoms with E-state index in [1.54, 1.807) is 0 Å². The number of rotatable bonds is 11. The normalized spacial score (nSPS) is 19.3. The Morgan fingerprint density at radius 2 is 1.14 bits per heavy atom. The van der Waals surface area contributed by atoms with Crippen molar-refractivity contribution in [3.8, 4) is 0 Å². The van der Waals surface area contributed by atoms with Gasteiger partial charge in [-0.3, -0.25) is 0 Å². The van der Waals surface area contributed by atoms with Crippen LogP contribution in [0.1, 0.15) is 19.3 Å². The summed E-state index contributed by atoms with van der Waals surface area (Å²) >= 11 is 0. The smallest absolute Gasteiger partial charge is 0.389 e. The van der Waals surface area contributed by atoms with Crippen LogP contribution in [0.5, 0.6) is 0 Å². The summed E-state index contributed by atoms with van der Waals surface area (Å²) in [4.78, 5) is 0. The summed E-state index contributed by atoms with van der Waals surface area (Å²) in [5.41, 5.74) is 0. The molecule has 170 valence electrons. The molecule has 0 aliphatic heterocycles. The second-order valence-electron chi connectivity index (χ2n) is 6.89. The minimum absolute atomic E-state index is 0.00685. The van der Waals surface area contributed by atoms with Crippen LogP contribution >= 0.6 is 0 Å². The van der Waals surface area contributed by atoms with Crippen molar-refractivity contribution in [2.75, 3.05) is 0 Å². The van der Waals surface area contributed by atoms with Crippen molar-refractivity contribution in [2.45, 2.75) is 75.6 Å². The van der Waals surface area contributed by atoms with Gasteiger partial charge in [-0.2, -0.15) is 39.5 Å². The molecule has 28 heavy (non-hydrogen) atoms. The van der Waals surface area contributed by atoms with Gasteiger partial charge in [-0.05, 0) is 37.8 Å². The van der Waals surface area contributed by atoms with E-state index < -0.39 is 76.0 Å². The molecule has 0 aliphatic rings. The van der Waals surface area contributed by atoms with Crippen LogP contribution in [0.4, 0.5) is 39.5 Å². The van der Waals surface area contributed by atoms with E-state index in [0.29, 0.717) is 0 Å². The van der Waals surface area contributed by atoms with E-state index in [9.17, 15) is 39.5 Å². The lowest BCUT2D eigenvalue weighted by atomic mass is 10.5. The summed E-state index contributed by atoms with van der Waals surface area (Å²) in [6, 6.07) is -1.49. The molecule has 0 aromatic carbocycles. The molecule has 0 saturated carbocycles. The fraction of sp³-hybridized carbons (Fsp3) is 1.00. The molecule has 3 unspecified atom stereocenters. The molecule has 0 amide bonds. The lowest BCUT2D eigenvalue weighted by molar-refractivity contribution is -0.132. The fourth-order valence-corrected chi connectivity index (χ4v) is 15.9. The quantitative estimate of drug-likeness (QED) is 0.305. The van der Waals surface area contributed by atoms with Crippen LogP contribution in [0, 0.1) is 0 Å². The standard InChI is InChI=1S/C12H25F9O3Si4/c1-26(7-4-10(13,14)15)23-28(3,9-6-12(19,20)21)24-27(2,22-25)8-5-11(16,17)18/h26H,4-9H2,1-3,25H3. The Bertz CT molecular complexity index is 475. The second kappa shape index (κ2) is 10.4. The van der Waals surface area contributed by atoms with Gasteiger partial charge in [0, 0.05) is 19.3 Å². The van der Waals surface area contributed by atoms with Crippen molar-refractivity contribution in [2.24, 2.45) is 0 Å². The predicted octanol–water partition coefficient (Wildman–Crippen LogP) is 4.67. The first kappa shape index (κ1) is 28.1. The zero-order valence-corrected chi connectivity index (χ0v) is 21.1. The Balaban J connectivity index is 5.29. The third-order valence-electron chi connectivity index (χ3n) is 3.87. The molecule has 0 radical (unpaired) electrons. The molecular weight excluding hydrogens is 475 g/mol. The number of hydrogen-bond donors (Lipinski definition) is 0. The maximum absolute atomic E-state index is 12.7. The van der Waals surface area contributed by atoms with Gasteiger partial charge in [0.15, 0.2) is 9.04 Å². The Morgan fingerprint density at radius 1 is 0.750 bits per heavy atom. The van der Waals surface area contributed by atoms with Crippen LogP contribution in [0.2, 0.25) is 37.8 Å². The Morgan fingerprint density at radius 3 is 1.50 bits per heavy atom. The lowest BCUT2D eigenvalue weighted by Crippen LogP contribution is -2.54. The van der Waals surface area contributed by atoms with E-state index in [-0.39, 0.29) is 16.5 Å². The van der Waals surface area contributed by atoms with Crippen molar-refractivity contribution in [3.05, 3.63) is 0 Å². The summed E-state index contributed by atoms with van der Waals surface area (Å²) in [6.45, 7) is 3.98. The minimum atomic E-state index is -4.55. The van der Waals surface area contributed by atoms with Gasteiger partial charge in [-0.1, -0.05) is 0 Å². The number of alkyl halides is 9. The van der Waals surface area contributed by atoms with E-state index in [0.717, 1.165) is 0 Å². The Labute approximate surface area is 164 Å². The molecule has 0 heterocycles. The molecule has 0 N–H and O–H groups in total. The molecule has 3 atom stereocenters. The first-order valence-electron chi connectivity index (χ1n) is 8.41. The van der Waals surface area contributed by atoms with Gasteiger partial charge in [-0.25, -0.2) is 0 Å². The molecule has 0 spiro atoms. The predicted molar refractivity (Wildman–Crippen MR) is 95.9 cm³/mol. The van der Waals surface area contributed by atoms with Crippen LogP contribution in [0.25, 0.3) is 0 Å². The first-order valence-corrected chi connectivity index (χ1v) is 16.7. The van der Waals surface area contributed by atoms with Gasteiger partial charge in [0.1, 0.15) is 10.5 Å². The highest BCUT2D eigenvalue weighted by Crippen LogP contribution is 2.34. The first-order chi connectivity index (χ1) is 12.3. The van der Waals surface area contributed by atoms with Crippen LogP contribution < -0.4 is 0 Å². The van der Waals surface area contributed by atoms with Gasteiger partial charge in [0.2, 0.25) is 0 Å². The number of halogens is 9. The Kier molecular flexibility index (Phi) is 10.5. The summed E-state index contributed by atoms with van der Waals surface area (Å²) in [5, 5.41) is 0. The highest BCUT2D eigenvalue weighted by atomic mass is 28.5. The molecule has 0 saturated heterocycles. The Hall–Kier alpha value is 0.118. The van der Waals surface area contributed by atoms with Crippen molar-refractivity contribution in [1.29, 1.82) is 0 Å². The summed E-state index contributed by atoms with van der Waals surface area (Å²) in [5.74, 6) is 0. The molecule has 0 bridgehead atoms. The second-order valence-corrected chi connectivity index (χ2v) is 18.0.